The van der Waals surface area contributed by atoms with Crippen LogP contribution in [0.3, 0.4) is 0 Å². The minimum atomic E-state index is -1.08. The molecule has 7 N–H and O–H groups in total. The first-order chi connectivity index (χ1) is 24.1. The van der Waals surface area contributed by atoms with Gasteiger partial charge in [-0.05, 0) is 67.6 Å². The number of allylic oxidation sites excluding steroid dienone is 3. The second kappa shape index (κ2) is 12.0. The zero-order valence-corrected chi connectivity index (χ0v) is 26.9. The molecule has 0 atom stereocenters. The third kappa shape index (κ3) is 4.69. The summed E-state index contributed by atoms with van der Waals surface area (Å²) in [6, 6.07) is 25.2. The summed E-state index contributed by atoms with van der Waals surface area (Å²) in [6.45, 7) is 9.71. The fourth-order valence-electron chi connectivity index (χ4n) is 6.94. The Morgan fingerprint density at radius 2 is 1.16 bits per heavy atom. The van der Waals surface area contributed by atoms with Gasteiger partial charge < -0.3 is 40.5 Å². The predicted molar refractivity (Wildman–Crippen MR) is 198 cm³/mol. The molecule has 0 saturated carbocycles. The van der Waals surface area contributed by atoms with E-state index in [9.17, 15) is 35.7 Å². The Bertz CT molecular complexity index is 2500. The van der Waals surface area contributed by atoms with Crippen molar-refractivity contribution in [1.29, 1.82) is 0 Å². The summed E-state index contributed by atoms with van der Waals surface area (Å²) in [5.74, 6) is -7.32. The van der Waals surface area contributed by atoms with Crippen LogP contribution in [-0.4, -0.2) is 35.7 Å². The molecule has 1 aliphatic heterocycles. The summed E-state index contributed by atoms with van der Waals surface area (Å²) >= 11 is 0. The van der Waals surface area contributed by atoms with Gasteiger partial charge in [-0.1, -0.05) is 104 Å². The van der Waals surface area contributed by atoms with Crippen LogP contribution in [0.5, 0.6) is 28.7 Å². The fraction of sp³-hybridized carbons (Fsp3) is 0.0476. The van der Waals surface area contributed by atoms with Crippen molar-refractivity contribution < 1.29 is 40.5 Å². The lowest BCUT2D eigenvalue weighted by Crippen LogP contribution is -2.05. The minimum Gasteiger partial charge on any atom is -0.511 e. The van der Waals surface area contributed by atoms with Crippen molar-refractivity contribution in [2.75, 3.05) is 0 Å². The highest BCUT2D eigenvalue weighted by atomic mass is 16.5. The molecule has 0 unspecified atom stereocenters. The van der Waals surface area contributed by atoms with Crippen molar-refractivity contribution in [3.63, 3.8) is 0 Å². The summed E-state index contributed by atoms with van der Waals surface area (Å²) in [4.78, 5) is 0. The lowest BCUT2D eigenvalue weighted by atomic mass is 9.82. The highest BCUT2D eigenvalue weighted by Crippen LogP contribution is 2.54. The van der Waals surface area contributed by atoms with E-state index in [1.807, 2.05) is 85.8 Å². The van der Waals surface area contributed by atoms with Crippen LogP contribution in [0.15, 0.2) is 121 Å². The number of fused-ring (bicyclic) bond motifs is 4. The Balaban J connectivity index is 1.64. The molecule has 0 aliphatic carbocycles. The number of hydrogen-bond acceptors (Lipinski definition) is 8. The number of aromatic hydroxyl groups is 4. The van der Waals surface area contributed by atoms with Crippen molar-refractivity contribution in [3.05, 3.63) is 143 Å². The average Bonchev–Trinajstić information content (AvgIpc) is 3.16. The van der Waals surface area contributed by atoms with Gasteiger partial charge in [-0.3, -0.25) is 0 Å². The van der Waals surface area contributed by atoms with Gasteiger partial charge in [0.25, 0.3) is 0 Å². The second-order valence-electron chi connectivity index (χ2n) is 11.9. The first-order valence-electron chi connectivity index (χ1n) is 15.7. The van der Waals surface area contributed by atoms with Crippen molar-refractivity contribution in [3.8, 4) is 39.9 Å². The molecule has 6 aromatic rings. The maximum Gasteiger partial charge on any atom is 0.208 e. The normalized spacial score (nSPS) is 16.7. The maximum absolute atomic E-state index is 11.9. The Labute approximate surface area is 286 Å². The summed E-state index contributed by atoms with van der Waals surface area (Å²) in [7, 11) is 0. The standard InChI is InChI=1S/C42H32O8/c1-4-12-22-19-30(25-14-7-6-13-24(25)23(22)5-2)33-26-15-8-10-17-28(26)34(29-18-11-9-16-27(29)33)35-32(43)20-31-37(45)39(47)40(48)41(49)42(31)50-21(3)36(44)38(35)46/h4-19,43-49H,2-3,20H2,1H3/b12-4-,35-32+,38-36-. The first-order valence-corrected chi connectivity index (χ1v) is 15.7. The molecule has 0 saturated heterocycles. The fourth-order valence-corrected chi connectivity index (χ4v) is 6.94. The molecule has 8 nitrogen and oxygen atoms in total. The van der Waals surface area contributed by atoms with Gasteiger partial charge >= 0.3 is 0 Å². The quantitative estimate of drug-likeness (QED) is 0.0559. The van der Waals surface area contributed by atoms with Crippen LogP contribution in [0, 0.1) is 0 Å². The van der Waals surface area contributed by atoms with Gasteiger partial charge in [0.05, 0.1) is 11.1 Å². The number of rotatable bonds is 4. The number of benzene rings is 6. The molecule has 1 heterocycles. The van der Waals surface area contributed by atoms with Gasteiger partial charge in [0.1, 0.15) is 5.76 Å². The molecule has 0 amide bonds. The maximum atomic E-state index is 11.9. The van der Waals surface area contributed by atoms with Crippen molar-refractivity contribution >= 4 is 50.0 Å². The van der Waals surface area contributed by atoms with Crippen molar-refractivity contribution in [2.24, 2.45) is 0 Å². The zero-order valence-electron chi connectivity index (χ0n) is 26.9. The molecular formula is C42H32O8. The van der Waals surface area contributed by atoms with Crippen LogP contribution in [-0.2, 0) is 6.42 Å². The number of hydrogen-bond donors (Lipinski definition) is 7. The number of aliphatic hydroxyl groups excluding tert-OH is 3. The third-order valence-electron chi connectivity index (χ3n) is 9.15. The van der Waals surface area contributed by atoms with Crippen LogP contribution < -0.4 is 4.74 Å². The van der Waals surface area contributed by atoms with Crippen LogP contribution in [0.25, 0.3) is 61.2 Å². The molecule has 248 valence electrons. The summed E-state index contributed by atoms with van der Waals surface area (Å²) in [5, 5.41) is 81.6. The topological polar surface area (TPSA) is 151 Å². The Kier molecular flexibility index (Phi) is 7.64. The molecule has 0 radical (unpaired) electrons. The molecule has 1 aliphatic rings. The van der Waals surface area contributed by atoms with E-state index in [0.717, 1.165) is 43.8 Å². The molecule has 7 rings (SSSR count). The Morgan fingerprint density at radius 1 is 0.640 bits per heavy atom. The zero-order chi connectivity index (χ0) is 35.4. The molecule has 8 heteroatoms. The SMILES string of the molecule is C=Cc1c(/C=C\C)cc(-c2c3ccccc3c(C3=C(\O)Cc4c(O)c(O)c(O)c(O)c4OC(=C)/C(O)=C\3O)c3ccccc23)c2ccccc12. The largest absolute Gasteiger partial charge is 0.511 e. The van der Waals surface area contributed by atoms with E-state index in [4.69, 9.17) is 4.74 Å². The number of ether oxygens (including phenoxy) is 1. The van der Waals surface area contributed by atoms with Crippen LogP contribution in [0.2, 0.25) is 0 Å². The van der Waals surface area contributed by atoms with Gasteiger partial charge in [0.2, 0.25) is 23.0 Å². The smallest absolute Gasteiger partial charge is 0.208 e. The molecular weight excluding hydrogens is 632 g/mol. The van der Waals surface area contributed by atoms with E-state index in [-0.39, 0.29) is 11.1 Å². The number of phenols is 4. The van der Waals surface area contributed by atoms with E-state index < -0.39 is 58.2 Å². The summed E-state index contributed by atoms with van der Waals surface area (Å²) in [6.07, 6.45) is 5.26. The van der Waals surface area contributed by atoms with E-state index in [1.165, 1.54) is 0 Å². The predicted octanol–water partition coefficient (Wildman–Crippen LogP) is 10.1. The highest BCUT2D eigenvalue weighted by molar-refractivity contribution is 6.22. The lowest BCUT2D eigenvalue weighted by molar-refractivity contribution is 0.287. The summed E-state index contributed by atoms with van der Waals surface area (Å²) < 4.78 is 5.53. The average molecular weight is 665 g/mol. The molecule has 0 spiro atoms. The van der Waals surface area contributed by atoms with Gasteiger partial charge in [-0.2, -0.15) is 0 Å². The van der Waals surface area contributed by atoms with Gasteiger partial charge in [-0.15, -0.1) is 0 Å². The monoisotopic (exact) mass is 664 g/mol. The summed E-state index contributed by atoms with van der Waals surface area (Å²) in [5.41, 5.74) is 3.64. The van der Waals surface area contributed by atoms with Crippen LogP contribution in [0.1, 0.15) is 29.2 Å². The van der Waals surface area contributed by atoms with E-state index in [0.29, 0.717) is 16.3 Å². The minimum absolute atomic E-state index is 0.202. The van der Waals surface area contributed by atoms with E-state index >= 15 is 0 Å². The van der Waals surface area contributed by atoms with E-state index in [1.54, 1.807) is 0 Å². The van der Waals surface area contributed by atoms with Crippen LogP contribution in [0.4, 0.5) is 0 Å². The Morgan fingerprint density at radius 3 is 1.72 bits per heavy atom. The highest BCUT2D eigenvalue weighted by Gasteiger charge is 2.32. The van der Waals surface area contributed by atoms with Crippen LogP contribution >= 0.6 is 0 Å². The number of phenolic OH excluding ortho intramolecular Hbond substituents is 4. The third-order valence-corrected chi connectivity index (χ3v) is 9.15. The molecule has 6 aromatic carbocycles. The molecule has 0 aromatic heterocycles. The second-order valence-corrected chi connectivity index (χ2v) is 11.9. The Hall–Kier alpha value is -6.80. The molecule has 50 heavy (non-hydrogen) atoms. The van der Waals surface area contributed by atoms with Crippen molar-refractivity contribution in [2.45, 2.75) is 13.3 Å². The van der Waals surface area contributed by atoms with Gasteiger partial charge in [-0.25, -0.2) is 0 Å². The lowest BCUT2D eigenvalue weighted by Gasteiger charge is -2.22. The van der Waals surface area contributed by atoms with Crippen molar-refractivity contribution in [1.82, 2.24) is 0 Å². The molecule has 0 bridgehead atoms. The molecule has 0 fully saturated rings. The van der Waals surface area contributed by atoms with E-state index in [2.05, 4.69) is 31.4 Å². The number of aliphatic hydroxyl groups is 3. The van der Waals surface area contributed by atoms with Gasteiger partial charge in [0.15, 0.2) is 23.0 Å². The first kappa shape index (κ1) is 31.8. The van der Waals surface area contributed by atoms with Gasteiger partial charge in [0, 0.05) is 12.0 Å².